The molecular weight excluding hydrogens is 440 g/mol. The van der Waals surface area contributed by atoms with Gasteiger partial charge in [0.15, 0.2) is 0 Å². The Morgan fingerprint density at radius 3 is 2.50 bits per heavy atom. The number of anilines is 1. The molecule has 5 rings (SSSR count). The van der Waals surface area contributed by atoms with Crippen molar-refractivity contribution < 1.29 is 4.79 Å². The average Bonchev–Trinajstić information content (AvgIpc) is 3.39. The van der Waals surface area contributed by atoms with Crippen molar-refractivity contribution in [3.05, 3.63) is 106 Å². The third-order valence-corrected chi connectivity index (χ3v) is 6.38. The van der Waals surface area contributed by atoms with Crippen molar-refractivity contribution in [2.45, 2.75) is 13.3 Å². The Labute approximate surface area is 194 Å². The van der Waals surface area contributed by atoms with Crippen LogP contribution in [0, 0.1) is 6.92 Å². The Balaban J connectivity index is 1.37. The van der Waals surface area contributed by atoms with Gasteiger partial charge in [0.05, 0.1) is 15.4 Å². The average molecular weight is 459 g/mol. The number of benzene rings is 3. The van der Waals surface area contributed by atoms with Crippen molar-refractivity contribution in [1.29, 1.82) is 0 Å². The molecule has 0 atom stereocenters. The number of aryl methyl sites for hydroxylation is 1. The molecule has 0 spiro atoms. The molecule has 1 amide bonds. The molecule has 0 saturated heterocycles. The number of hydrogen-bond acceptors (Lipinski definition) is 4. The van der Waals surface area contributed by atoms with Crippen molar-refractivity contribution in [3.63, 3.8) is 0 Å². The summed E-state index contributed by atoms with van der Waals surface area (Å²) in [5.41, 5.74) is 4.48. The summed E-state index contributed by atoms with van der Waals surface area (Å²) in [7, 11) is 0. The highest BCUT2D eigenvalue weighted by Crippen LogP contribution is 2.31. The van der Waals surface area contributed by atoms with E-state index < -0.39 is 0 Å². The van der Waals surface area contributed by atoms with E-state index >= 15 is 0 Å². The van der Waals surface area contributed by atoms with Crippen molar-refractivity contribution in [2.24, 2.45) is 0 Å². The fourth-order valence-electron chi connectivity index (χ4n) is 3.52. The van der Waals surface area contributed by atoms with Crippen LogP contribution in [0.15, 0.2) is 78.9 Å². The molecule has 5 nitrogen and oxygen atoms in total. The summed E-state index contributed by atoms with van der Waals surface area (Å²) >= 11 is 7.75. The SMILES string of the molecule is Cc1cc(NC(=O)c2ccc(Cc3ccccc3)cc2)n(-c2nc3c(Cl)cccc3s2)n1. The molecule has 0 unspecified atom stereocenters. The van der Waals surface area contributed by atoms with Gasteiger partial charge >= 0.3 is 0 Å². The second kappa shape index (κ2) is 8.57. The Hall–Kier alpha value is -3.48. The summed E-state index contributed by atoms with van der Waals surface area (Å²) in [5.74, 6) is 0.368. The second-order valence-corrected chi connectivity index (χ2v) is 8.90. The standard InChI is InChI=1S/C25H19ClN4OS/c1-16-14-22(30(29-16)25-28-23-20(26)8-5-9-21(23)32-25)27-24(31)19-12-10-18(11-13-19)15-17-6-3-2-4-7-17/h2-14H,15H2,1H3,(H,27,31). The number of carbonyl (C=O) groups is 1. The molecule has 0 aliphatic heterocycles. The maximum atomic E-state index is 12.9. The molecule has 0 radical (unpaired) electrons. The molecule has 32 heavy (non-hydrogen) atoms. The largest absolute Gasteiger partial charge is 0.306 e. The van der Waals surface area contributed by atoms with E-state index in [-0.39, 0.29) is 5.91 Å². The summed E-state index contributed by atoms with van der Waals surface area (Å²) in [6.45, 7) is 1.88. The van der Waals surface area contributed by atoms with Crippen LogP contribution >= 0.6 is 22.9 Å². The molecular formula is C25H19ClN4OS. The Morgan fingerprint density at radius 2 is 1.75 bits per heavy atom. The van der Waals surface area contributed by atoms with Gasteiger partial charge in [0.1, 0.15) is 11.3 Å². The Kier molecular flexibility index (Phi) is 5.47. The Morgan fingerprint density at radius 1 is 1.00 bits per heavy atom. The van der Waals surface area contributed by atoms with Crippen LogP contribution in [0.4, 0.5) is 5.82 Å². The van der Waals surface area contributed by atoms with Gasteiger partial charge in [0.25, 0.3) is 5.91 Å². The first-order valence-electron chi connectivity index (χ1n) is 10.1. The summed E-state index contributed by atoms with van der Waals surface area (Å²) in [6.07, 6.45) is 0.828. The predicted molar refractivity (Wildman–Crippen MR) is 130 cm³/mol. The summed E-state index contributed by atoms with van der Waals surface area (Å²) in [5, 5.41) is 8.73. The van der Waals surface area contributed by atoms with Gasteiger partial charge in [-0.3, -0.25) is 4.79 Å². The van der Waals surface area contributed by atoms with Gasteiger partial charge in [-0.15, -0.1) is 0 Å². The molecule has 0 bridgehead atoms. The number of fused-ring (bicyclic) bond motifs is 1. The fraction of sp³-hybridized carbons (Fsp3) is 0.0800. The molecule has 5 aromatic rings. The number of rotatable bonds is 5. The van der Waals surface area contributed by atoms with E-state index in [1.165, 1.54) is 16.9 Å². The van der Waals surface area contributed by atoms with E-state index in [4.69, 9.17) is 11.6 Å². The highest BCUT2D eigenvalue weighted by atomic mass is 35.5. The number of amides is 1. The number of halogens is 1. The van der Waals surface area contributed by atoms with Gasteiger partial charge in [-0.05, 0) is 48.7 Å². The maximum Gasteiger partial charge on any atom is 0.256 e. The van der Waals surface area contributed by atoms with Crippen LogP contribution in [-0.2, 0) is 6.42 Å². The number of para-hydroxylation sites is 1. The number of carbonyl (C=O) groups excluding carboxylic acids is 1. The quantitative estimate of drug-likeness (QED) is 0.337. The van der Waals surface area contributed by atoms with Crippen LogP contribution in [0.3, 0.4) is 0 Å². The summed E-state index contributed by atoms with van der Waals surface area (Å²) in [4.78, 5) is 17.5. The lowest BCUT2D eigenvalue weighted by molar-refractivity contribution is 0.102. The lowest BCUT2D eigenvalue weighted by Gasteiger charge is -2.08. The molecule has 0 aliphatic rings. The highest BCUT2D eigenvalue weighted by molar-refractivity contribution is 7.20. The molecule has 3 aromatic carbocycles. The van der Waals surface area contributed by atoms with Gasteiger partial charge in [-0.1, -0.05) is 71.5 Å². The van der Waals surface area contributed by atoms with Gasteiger partial charge in [0.2, 0.25) is 5.13 Å². The molecule has 1 N–H and O–H groups in total. The van der Waals surface area contributed by atoms with Crippen LogP contribution in [0.25, 0.3) is 15.3 Å². The van der Waals surface area contributed by atoms with Crippen LogP contribution in [-0.4, -0.2) is 20.7 Å². The number of hydrogen-bond donors (Lipinski definition) is 1. The highest BCUT2D eigenvalue weighted by Gasteiger charge is 2.16. The number of aromatic nitrogens is 3. The lowest BCUT2D eigenvalue weighted by atomic mass is 10.0. The molecule has 158 valence electrons. The van der Waals surface area contributed by atoms with E-state index in [0.29, 0.717) is 21.5 Å². The topological polar surface area (TPSA) is 59.8 Å². The summed E-state index contributed by atoms with van der Waals surface area (Å²) in [6, 6.07) is 25.4. The molecule has 0 aliphatic carbocycles. The zero-order valence-electron chi connectivity index (χ0n) is 17.2. The zero-order valence-corrected chi connectivity index (χ0v) is 18.8. The van der Waals surface area contributed by atoms with Crippen molar-refractivity contribution >= 4 is 44.9 Å². The van der Waals surface area contributed by atoms with Gasteiger partial charge in [-0.2, -0.15) is 9.78 Å². The maximum absolute atomic E-state index is 12.9. The fourth-order valence-corrected chi connectivity index (χ4v) is 4.75. The van der Waals surface area contributed by atoms with E-state index in [0.717, 1.165) is 27.9 Å². The molecule has 7 heteroatoms. The normalized spacial score (nSPS) is 11.1. The van der Waals surface area contributed by atoms with E-state index in [2.05, 4.69) is 27.5 Å². The minimum absolute atomic E-state index is 0.198. The molecule has 2 heterocycles. The van der Waals surface area contributed by atoms with E-state index in [1.54, 1.807) is 4.68 Å². The monoisotopic (exact) mass is 458 g/mol. The minimum atomic E-state index is -0.198. The van der Waals surface area contributed by atoms with Gasteiger partial charge in [-0.25, -0.2) is 4.98 Å². The van der Waals surface area contributed by atoms with E-state index in [9.17, 15) is 4.79 Å². The van der Waals surface area contributed by atoms with Crippen molar-refractivity contribution in [1.82, 2.24) is 14.8 Å². The minimum Gasteiger partial charge on any atom is -0.306 e. The molecule has 2 aromatic heterocycles. The first kappa shape index (κ1) is 20.4. The van der Waals surface area contributed by atoms with Gasteiger partial charge < -0.3 is 5.32 Å². The molecule has 0 fully saturated rings. The first-order valence-corrected chi connectivity index (χ1v) is 11.3. The number of nitrogens with one attached hydrogen (secondary N) is 1. The number of nitrogens with zero attached hydrogens (tertiary/aromatic N) is 3. The predicted octanol–water partition coefficient (Wildman–Crippen LogP) is 6.29. The second-order valence-electron chi connectivity index (χ2n) is 7.48. The van der Waals surface area contributed by atoms with Crippen LogP contribution in [0.1, 0.15) is 27.2 Å². The number of thiazole rings is 1. The third kappa shape index (κ3) is 4.15. The van der Waals surface area contributed by atoms with Gasteiger partial charge in [0, 0.05) is 11.6 Å². The smallest absolute Gasteiger partial charge is 0.256 e. The first-order chi connectivity index (χ1) is 15.6. The van der Waals surface area contributed by atoms with Crippen molar-refractivity contribution in [3.8, 4) is 5.13 Å². The lowest BCUT2D eigenvalue weighted by Crippen LogP contribution is -2.15. The summed E-state index contributed by atoms with van der Waals surface area (Å²) < 4.78 is 2.62. The van der Waals surface area contributed by atoms with Crippen LogP contribution < -0.4 is 5.32 Å². The third-order valence-electron chi connectivity index (χ3n) is 5.08. The van der Waals surface area contributed by atoms with Crippen LogP contribution in [0.2, 0.25) is 5.02 Å². The van der Waals surface area contributed by atoms with Crippen LogP contribution in [0.5, 0.6) is 0 Å². The van der Waals surface area contributed by atoms with Crippen molar-refractivity contribution in [2.75, 3.05) is 5.32 Å². The zero-order chi connectivity index (χ0) is 22.1. The van der Waals surface area contributed by atoms with E-state index in [1.807, 2.05) is 73.7 Å². The molecule has 0 saturated carbocycles. The Bertz CT molecular complexity index is 1410.